The Morgan fingerprint density at radius 3 is 2.50 bits per heavy atom. The fraction of sp³-hybridized carbons (Fsp3) is 0.462. The Labute approximate surface area is 108 Å². The van der Waals surface area contributed by atoms with E-state index in [0.717, 1.165) is 5.56 Å². The van der Waals surface area contributed by atoms with E-state index in [4.69, 9.17) is 0 Å². The van der Waals surface area contributed by atoms with Gasteiger partial charge in [0.15, 0.2) is 9.84 Å². The van der Waals surface area contributed by atoms with Crippen LogP contribution in [0.4, 0.5) is 0 Å². The van der Waals surface area contributed by atoms with Crippen LogP contribution in [0.5, 0.6) is 0 Å². The van der Waals surface area contributed by atoms with Gasteiger partial charge >= 0.3 is 0 Å². The molecular weight excluding hydrogens is 250 g/mol. The number of carbonyl (C=O) groups excluding carboxylic acids is 1. The predicted molar refractivity (Wildman–Crippen MR) is 69.7 cm³/mol. The summed E-state index contributed by atoms with van der Waals surface area (Å²) in [7, 11) is -1.49. The van der Waals surface area contributed by atoms with Gasteiger partial charge in [-0.2, -0.15) is 0 Å². The normalized spacial score (nSPS) is 20.4. The van der Waals surface area contributed by atoms with Crippen LogP contribution in [0.1, 0.15) is 18.4 Å². The first-order valence-electron chi connectivity index (χ1n) is 5.98. The van der Waals surface area contributed by atoms with Crippen molar-refractivity contribution in [3.63, 3.8) is 0 Å². The summed E-state index contributed by atoms with van der Waals surface area (Å²) in [5.74, 6) is 0.145. The lowest BCUT2D eigenvalue weighted by molar-refractivity contribution is -0.127. The molecule has 0 spiro atoms. The van der Waals surface area contributed by atoms with Crippen LogP contribution < -0.4 is 0 Å². The minimum atomic E-state index is -3.17. The van der Waals surface area contributed by atoms with Crippen LogP contribution in [-0.4, -0.2) is 38.1 Å². The number of benzene rings is 1. The maximum absolute atomic E-state index is 12.1. The Kier molecular flexibility index (Phi) is 3.71. The van der Waals surface area contributed by atoms with Crippen molar-refractivity contribution in [2.45, 2.75) is 24.6 Å². The van der Waals surface area contributed by atoms with Crippen LogP contribution in [0.25, 0.3) is 0 Å². The number of nitrogens with zero attached hydrogens (tertiary/aromatic N) is 1. The second kappa shape index (κ2) is 5.10. The SMILES string of the molecule is CN1C(=O)CC[C@H]1CS(=O)(=O)Cc1ccccc1. The largest absolute Gasteiger partial charge is 0.342 e. The van der Waals surface area contributed by atoms with Gasteiger partial charge in [-0.15, -0.1) is 0 Å². The number of amides is 1. The minimum absolute atomic E-state index is 0.0370. The van der Waals surface area contributed by atoms with Gasteiger partial charge in [0.25, 0.3) is 0 Å². The van der Waals surface area contributed by atoms with Gasteiger partial charge in [-0.3, -0.25) is 4.79 Å². The van der Waals surface area contributed by atoms with E-state index in [1.807, 2.05) is 18.2 Å². The molecule has 1 heterocycles. The predicted octanol–water partition coefficient (Wildman–Crippen LogP) is 1.22. The molecular formula is C13H17NO3S. The lowest BCUT2D eigenvalue weighted by Gasteiger charge is -2.19. The molecule has 0 saturated carbocycles. The molecule has 5 heteroatoms. The topological polar surface area (TPSA) is 54.5 Å². The number of hydrogen-bond acceptors (Lipinski definition) is 3. The summed E-state index contributed by atoms with van der Waals surface area (Å²) < 4.78 is 24.1. The molecule has 1 saturated heterocycles. The summed E-state index contributed by atoms with van der Waals surface area (Å²) in [5, 5.41) is 0. The number of likely N-dealkylation sites (tertiary alicyclic amines) is 1. The van der Waals surface area contributed by atoms with Crippen molar-refractivity contribution in [2.75, 3.05) is 12.8 Å². The monoisotopic (exact) mass is 267 g/mol. The van der Waals surface area contributed by atoms with Crippen molar-refractivity contribution in [3.8, 4) is 0 Å². The Morgan fingerprint density at radius 2 is 1.94 bits per heavy atom. The van der Waals surface area contributed by atoms with E-state index >= 15 is 0 Å². The molecule has 1 fully saturated rings. The molecule has 0 aromatic heterocycles. The number of rotatable bonds is 4. The van der Waals surface area contributed by atoms with Gasteiger partial charge < -0.3 is 4.90 Å². The fourth-order valence-corrected chi connectivity index (χ4v) is 4.03. The second-order valence-corrected chi connectivity index (χ2v) is 6.85. The molecule has 18 heavy (non-hydrogen) atoms. The zero-order chi connectivity index (χ0) is 13.2. The number of sulfone groups is 1. The van der Waals surface area contributed by atoms with Gasteiger partial charge in [-0.25, -0.2) is 8.42 Å². The molecule has 0 bridgehead atoms. The highest BCUT2D eigenvalue weighted by atomic mass is 32.2. The van der Waals surface area contributed by atoms with E-state index in [2.05, 4.69) is 0 Å². The second-order valence-electron chi connectivity index (χ2n) is 4.74. The van der Waals surface area contributed by atoms with E-state index in [1.165, 1.54) is 0 Å². The Balaban J connectivity index is 2.02. The lowest BCUT2D eigenvalue weighted by atomic mass is 10.2. The molecule has 1 aliphatic rings. The molecule has 0 N–H and O–H groups in total. The van der Waals surface area contributed by atoms with Gasteiger partial charge in [-0.1, -0.05) is 30.3 Å². The lowest BCUT2D eigenvalue weighted by Crippen LogP contribution is -2.34. The summed E-state index contributed by atoms with van der Waals surface area (Å²) in [5.41, 5.74) is 0.796. The molecule has 1 atom stereocenters. The Morgan fingerprint density at radius 1 is 1.28 bits per heavy atom. The first-order chi connectivity index (χ1) is 8.48. The van der Waals surface area contributed by atoms with Crippen LogP contribution in [0, 0.1) is 0 Å². The average Bonchev–Trinajstić information content (AvgIpc) is 2.61. The van der Waals surface area contributed by atoms with Crippen molar-refractivity contribution in [1.29, 1.82) is 0 Å². The highest BCUT2D eigenvalue weighted by Gasteiger charge is 2.31. The molecule has 0 aliphatic carbocycles. The quantitative estimate of drug-likeness (QED) is 0.824. The smallest absolute Gasteiger partial charge is 0.222 e. The molecule has 2 rings (SSSR count). The van der Waals surface area contributed by atoms with E-state index in [9.17, 15) is 13.2 Å². The average molecular weight is 267 g/mol. The third-order valence-electron chi connectivity index (χ3n) is 3.31. The van der Waals surface area contributed by atoms with Gasteiger partial charge in [0.1, 0.15) is 0 Å². The third kappa shape index (κ3) is 3.10. The zero-order valence-electron chi connectivity index (χ0n) is 10.4. The van der Waals surface area contributed by atoms with Gasteiger partial charge in [0, 0.05) is 19.5 Å². The maximum atomic E-state index is 12.1. The van der Waals surface area contributed by atoms with E-state index in [-0.39, 0.29) is 23.5 Å². The fourth-order valence-electron chi connectivity index (χ4n) is 2.24. The Hall–Kier alpha value is -1.36. The summed E-state index contributed by atoms with van der Waals surface area (Å²) in [6.45, 7) is 0. The van der Waals surface area contributed by atoms with Crippen molar-refractivity contribution < 1.29 is 13.2 Å². The molecule has 0 radical (unpaired) electrons. The molecule has 1 aromatic carbocycles. The zero-order valence-corrected chi connectivity index (χ0v) is 11.2. The number of hydrogen-bond donors (Lipinski definition) is 0. The summed E-state index contributed by atoms with van der Waals surface area (Å²) in [6, 6.07) is 8.97. The van der Waals surface area contributed by atoms with Crippen molar-refractivity contribution in [2.24, 2.45) is 0 Å². The highest BCUT2D eigenvalue weighted by molar-refractivity contribution is 7.90. The van der Waals surface area contributed by atoms with Crippen LogP contribution in [0.15, 0.2) is 30.3 Å². The molecule has 98 valence electrons. The van der Waals surface area contributed by atoms with Crippen LogP contribution >= 0.6 is 0 Å². The summed E-state index contributed by atoms with van der Waals surface area (Å²) >= 11 is 0. The van der Waals surface area contributed by atoms with Crippen LogP contribution in [-0.2, 0) is 20.4 Å². The van der Waals surface area contributed by atoms with E-state index < -0.39 is 9.84 Å². The maximum Gasteiger partial charge on any atom is 0.222 e. The van der Waals surface area contributed by atoms with Gasteiger partial charge in [0.05, 0.1) is 11.5 Å². The highest BCUT2D eigenvalue weighted by Crippen LogP contribution is 2.19. The van der Waals surface area contributed by atoms with E-state index in [0.29, 0.717) is 12.8 Å². The van der Waals surface area contributed by atoms with Gasteiger partial charge in [0.2, 0.25) is 5.91 Å². The van der Waals surface area contributed by atoms with Crippen molar-refractivity contribution >= 4 is 15.7 Å². The third-order valence-corrected chi connectivity index (χ3v) is 4.97. The minimum Gasteiger partial charge on any atom is -0.342 e. The van der Waals surface area contributed by atoms with Crippen molar-refractivity contribution in [3.05, 3.63) is 35.9 Å². The first kappa shape index (κ1) is 13.1. The molecule has 1 amide bonds. The van der Waals surface area contributed by atoms with Gasteiger partial charge in [-0.05, 0) is 12.0 Å². The Bertz CT molecular complexity index is 524. The van der Waals surface area contributed by atoms with Crippen LogP contribution in [0.3, 0.4) is 0 Å². The molecule has 4 nitrogen and oxygen atoms in total. The molecule has 0 unspecified atom stereocenters. The van der Waals surface area contributed by atoms with E-state index in [1.54, 1.807) is 24.1 Å². The standard InChI is InChI=1S/C13H17NO3S/c1-14-12(7-8-13(14)15)10-18(16,17)9-11-5-3-2-4-6-11/h2-6,12H,7-10H2,1H3/t12-/m0/s1. The first-order valence-corrected chi connectivity index (χ1v) is 7.80. The molecule has 1 aromatic rings. The summed E-state index contributed by atoms with van der Waals surface area (Å²) in [6.07, 6.45) is 1.10. The molecule has 1 aliphatic heterocycles. The van der Waals surface area contributed by atoms with Crippen molar-refractivity contribution in [1.82, 2.24) is 4.90 Å². The summed E-state index contributed by atoms with van der Waals surface area (Å²) in [4.78, 5) is 12.9. The van der Waals surface area contributed by atoms with Crippen LogP contribution in [0.2, 0.25) is 0 Å². The number of carbonyl (C=O) groups is 1.